The van der Waals surface area contributed by atoms with Gasteiger partial charge in [0, 0.05) is 17.4 Å². The zero-order valence-corrected chi connectivity index (χ0v) is 11.5. The second-order valence-electron chi connectivity index (χ2n) is 4.38. The number of anilines is 1. The predicted octanol–water partition coefficient (Wildman–Crippen LogP) is 2.09. The minimum atomic E-state index is -0.554. The Kier molecular flexibility index (Phi) is 4.64. The van der Waals surface area contributed by atoms with Crippen LogP contribution >= 0.6 is 0 Å². The molecule has 0 fully saturated rings. The normalized spacial score (nSPS) is 9.67. The molecule has 106 valence electrons. The lowest BCUT2D eigenvalue weighted by Crippen LogP contribution is -2.13. The molecule has 0 radical (unpaired) electrons. The number of pyridine rings is 1. The van der Waals surface area contributed by atoms with Gasteiger partial charge in [-0.05, 0) is 30.7 Å². The second-order valence-corrected chi connectivity index (χ2v) is 4.38. The number of nitrogens with one attached hydrogen (secondary N) is 1. The van der Waals surface area contributed by atoms with Crippen molar-refractivity contribution in [2.45, 2.75) is 6.92 Å². The van der Waals surface area contributed by atoms with Crippen molar-refractivity contribution in [3.63, 3.8) is 0 Å². The van der Waals surface area contributed by atoms with Gasteiger partial charge in [-0.15, -0.1) is 0 Å². The summed E-state index contributed by atoms with van der Waals surface area (Å²) in [6, 6.07) is 6.58. The van der Waals surface area contributed by atoms with Crippen LogP contribution in [0.4, 0.5) is 10.1 Å². The highest BCUT2D eigenvalue weighted by atomic mass is 19.1. The third kappa shape index (κ3) is 3.88. The van der Waals surface area contributed by atoms with Gasteiger partial charge < -0.3 is 11.1 Å². The molecule has 0 unspecified atom stereocenters. The molecule has 0 saturated carbocycles. The summed E-state index contributed by atoms with van der Waals surface area (Å²) < 4.78 is 13.1. The van der Waals surface area contributed by atoms with E-state index < -0.39 is 11.7 Å². The average molecular weight is 283 g/mol. The molecule has 5 heteroatoms. The van der Waals surface area contributed by atoms with E-state index in [1.54, 1.807) is 6.07 Å². The summed E-state index contributed by atoms with van der Waals surface area (Å²) in [7, 11) is 0. The number of rotatable bonds is 2. The fraction of sp³-hybridized carbons (Fsp3) is 0.125. The molecule has 0 aliphatic heterocycles. The van der Waals surface area contributed by atoms with Crippen LogP contribution in [0.1, 0.15) is 21.5 Å². The molecule has 1 amide bonds. The first-order chi connectivity index (χ1) is 10.1. The number of hydrogen-bond acceptors (Lipinski definition) is 3. The van der Waals surface area contributed by atoms with Gasteiger partial charge >= 0.3 is 0 Å². The Morgan fingerprint density at radius 3 is 2.90 bits per heavy atom. The Hall–Kier alpha value is -2.71. The van der Waals surface area contributed by atoms with Crippen molar-refractivity contribution in [1.29, 1.82) is 0 Å². The third-order valence-corrected chi connectivity index (χ3v) is 2.79. The topological polar surface area (TPSA) is 68.0 Å². The summed E-state index contributed by atoms with van der Waals surface area (Å²) >= 11 is 0. The maximum atomic E-state index is 13.1. The molecule has 0 bridgehead atoms. The summed E-state index contributed by atoms with van der Waals surface area (Å²) in [5.74, 6) is 4.67. The number of aromatic nitrogens is 1. The number of nitrogens with two attached hydrogens (primary N) is 1. The van der Waals surface area contributed by atoms with E-state index in [4.69, 9.17) is 5.73 Å². The summed E-state index contributed by atoms with van der Waals surface area (Å²) in [4.78, 5) is 15.7. The van der Waals surface area contributed by atoms with Crippen LogP contribution < -0.4 is 11.1 Å². The zero-order valence-electron chi connectivity index (χ0n) is 11.5. The van der Waals surface area contributed by atoms with Gasteiger partial charge in [-0.3, -0.25) is 9.78 Å². The Morgan fingerprint density at radius 2 is 2.19 bits per heavy atom. The van der Waals surface area contributed by atoms with Crippen LogP contribution in [-0.4, -0.2) is 17.4 Å². The van der Waals surface area contributed by atoms with Crippen LogP contribution in [0, 0.1) is 24.6 Å². The molecule has 3 N–H and O–H groups in total. The lowest BCUT2D eigenvalue weighted by Gasteiger charge is -2.09. The zero-order chi connectivity index (χ0) is 15.2. The molecular weight excluding hydrogens is 269 g/mol. The van der Waals surface area contributed by atoms with Crippen molar-refractivity contribution in [3.8, 4) is 11.8 Å². The Labute approximate surface area is 122 Å². The maximum Gasteiger partial charge on any atom is 0.257 e. The summed E-state index contributed by atoms with van der Waals surface area (Å²) in [5.41, 5.74) is 7.74. The van der Waals surface area contributed by atoms with Gasteiger partial charge in [-0.2, -0.15) is 0 Å². The summed E-state index contributed by atoms with van der Waals surface area (Å²) in [6.07, 6.45) is 2.36. The Morgan fingerprint density at radius 1 is 1.38 bits per heavy atom. The highest BCUT2D eigenvalue weighted by molar-refractivity contribution is 6.04. The molecule has 0 spiro atoms. The van der Waals surface area contributed by atoms with Crippen LogP contribution in [0.5, 0.6) is 0 Å². The Bertz CT molecular complexity index is 732. The van der Waals surface area contributed by atoms with Gasteiger partial charge in [-0.1, -0.05) is 17.9 Å². The van der Waals surface area contributed by atoms with Gasteiger partial charge in [0.15, 0.2) is 0 Å². The summed E-state index contributed by atoms with van der Waals surface area (Å²) in [5, 5.41) is 2.73. The van der Waals surface area contributed by atoms with Crippen LogP contribution in [0.15, 0.2) is 36.7 Å². The molecule has 0 saturated heterocycles. The minimum Gasteiger partial charge on any atom is -0.322 e. The van der Waals surface area contributed by atoms with E-state index in [2.05, 4.69) is 22.1 Å². The highest BCUT2D eigenvalue weighted by Crippen LogP contribution is 2.17. The van der Waals surface area contributed by atoms with E-state index in [1.807, 2.05) is 19.1 Å². The number of carbonyl (C=O) groups is 1. The maximum absolute atomic E-state index is 13.1. The predicted molar refractivity (Wildman–Crippen MR) is 79.3 cm³/mol. The lowest BCUT2D eigenvalue weighted by atomic mass is 10.1. The average Bonchev–Trinajstić information content (AvgIpc) is 2.48. The molecule has 21 heavy (non-hydrogen) atoms. The fourth-order valence-electron chi connectivity index (χ4n) is 1.72. The monoisotopic (exact) mass is 283 g/mol. The minimum absolute atomic E-state index is 0.160. The largest absolute Gasteiger partial charge is 0.322 e. The van der Waals surface area contributed by atoms with Gasteiger partial charge in [0.05, 0.1) is 18.3 Å². The molecule has 0 atom stereocenters. The molecule has 1 heterocycles. The summed E-state index contributed by atoms with van der Waals surface area (Å²) in [6.45, 7) is 2.13. The van der Waals surface area contributed by atoms with E-state index >= 15 is 0 Å². The molecule has 0 aliphatic rings. The van der Waals surface area contributed by atoms with E-state index in [9.17, 15) is 9.18 Å². The highest BCUT2D eigenvalue weighted by Gasteiger charge is 2.09. The van der Waals surface area contributed by atoms with Crippen LogP contribution in [-0.2, 0) is 0 Å². The quantitative estimate of drug-likeness (QED) is 0.829. The SMILES string of the molecule is Cc1ccc(C#CCN)cc1NC(=O)c1cncc(F)c1. The molecular formula is C16H14FN3O. The second kappa shape index (κ2) is 6.64. The molecule has 1 aromatic carbocycles. The molecule has 1 aromatic heterocycles. The number of aryl methyl sites for hydroxylation is 1. The smallest absolute Gasteiger partial charge is 0.257 e. The van der Waals surface area contributed by atoms with Crippen molar-refractivity contribution in [1.82, 2.24) is 4.98 Å². The van der Waals surface area contributed by atoms with Crippen LogP contribution in [0.2, 0.25) is 0 Å². The van der Waals surface area contributed by atoms with E-state index in [0.717, 1.165) is 23.4 Å². The molecule has 2 aromatic rings. The van der Waals surface area contributed by atoms with Crippen LogP contribution in [0.25, 0.3) is 0 Å². The van der Waals surface area contributed by atoms with Gasteiger partial charge in [0.2, 0.25) is 0 Å². The number of nitrogens with zero attached hydrogens (tertiary/aromatic N) is 1. The standard InChI is InChI=1S/C16H14FN3O/c1-11-4-5-12(3-2-6-18)7-15(11)20-16(21)13-8-14(17)10-19-9-13/h4-5,7-10H,6,18H2,1H3,(H,20,21). The van der Waals surface area contributed by atoms with E-state index in [0.29, 0.717) is 5.69 Å². The van der Waals surface area contributed by atoms with Gasteiger partial charge in [0.1, 0.15) is 5.82 Å². The molecule has 0 aliphatic carbocycles. The number of benzene rings is 1. The van der Waals surface area contributed by atoms with Crippen molar-refractivity contribution in [2.75, 3.05) is 11.9 Å². The van der Waals surface area contributed by atoms with Crippen molar-refractivity contribution in [3.05, 3.63) is 59.2 Å². The van der Waals surface area contributed by atoms with Gasteiger partial charge in [-0.25, -0.2) is 4.39 Å². The number of amides is 1. The Balaban J connectivity index is 2.24. The first-order valence-corrected chi connectivity index (χ1v) is 6.31. The van der Waals surface area contributed by atoms with E-state index in [-0.39, 0.29) is 12.1 Å². The van der Waals surface area contributed by atoms with Crippen molar-refractivity contribution >= 4 is 11.6 Å². The third-order valence-electron chi connectivity index (χ3n) is 2.79. The molecule has 4 nitrogen and oxygen atoms in total. The first-order valence-electron chi connectivity index (χ1n) is 6.31. The van der Waals surface area contributed by atoms with Crippen molar-refractivity contribution < 1.29 is 9.18 Å². The van der Waals surface area contributed by atoms with Gasteiger partial charge in [0.25, 0.3) is 5.91 Å². The first kappa shape index (κ1) is 14.7. The van der Waals surface area contributed by atoms with E-state index in [1.165, 1.54) is 6.20 Å². The lowest BCUT2D eigenvalue weighted by molar-refractivity contribution is 0.102. The number of hydrogen-bond donors (Lipinski definition) is 2. The number of halogens is 1. The fourth-order valence-corrected chi connectivity index (χ4v) is 1.72. The molecule has 2 rings (SSSR count). The van der Waals surface area contributed by atoms with Crippen molar-refractivity contribution in [2.24, 2.45) is 5.73 Å². The van der Waals surface area contributed by atoms with Crippen LogP contribution in [0.3, 0.4) is 0 Å². The number of carbonyl (C=O) groups excluding carboxylic acids is 1.